The summed E-state index contributed by atoms with van der Waals surface area (Å²) in [6.45, 7) is -0.207. The van der Waals surface area contributed by atoms with Crippen LogP contribution >= 0.6 is 0 Å². The molecule has 90 valence electrons. The molecule has 1 aromatic carbocycles. The van der Waals surface area contributed by atoms with Crippen LogP contribution in [0.2, 0.25) is 0 Å². The quantitative estimate of drug-likeness (QED) is 0.575. The number of likely N-dealkylation sites (N-methyl/N-ethyl adjacent to an activating group) is 1. The largest absolute Gasteiger partial charge is 0.357 e. The number of hydrogen-bond acceptors (Lipinski definition) is 3. The predicted molar refractivity (Wildman–Crippen MR) is 63.6 cm³/mol. The summed E-state index contributed by atoms with van der Waals surface area (Å²) in [5.74, 6) is -0.727. The van der Waals surface area contributed by atoms with Crippen molar-refractivity contribution in [2.24, 2.45) is 0 Å². The van der Waals surface area contributed by atoms with E-state index in [1.807, 2.05) is 30.3 Å². The number of carbonyl (C=O) groups is 2. The predicted octanol–water partition coefficient (Wildman–Crippen LogP) is 0.494. The van der Waals surface area contributed by atoms with E-state index < -0.39 is 5.91 Å². The van der Waals surface area contributed by atoms with Crippen molar-refractivity contribution in [2.45, 2.75) is 0 Å². The zero-order chi connectivity index (χ0) is 12.5. The lowest BCUT2D eigenvalue weighted by Gasteiger charge is -2.01. The molecule has 1 rings (SSSR count). The number of carbonyl (C=O) groups excluding carboxylic acids is 2. The van der Waals surface area contributed by atoms with Gasteiger partial charge in [-0.3, -0.25) is 14.4 Å². The molecule has 0 aliphatic heterocycles. The Labute approximate surface area is 99.4 Å². The summed E-state index contributed by atoms with van der Waals surface area (Å²) in [6.07, 6.45) is 2.98. The minimum absolute atomic E-state index is 0.207. The van der Waals surface area contributed by atoms with Crippen molar-refractivity contribution < 1.29 is 14.4 Å². The second-order valence-electron chi connectivity index (χ2n) is 3.17. The lowest BCUT2D eigenvalue weighted by Crippen LogP contribution is -2.30. The van der Waals surface area contributed by atoms with Crippen LogP contribution in [0.25, 0.3) is 6.08 Å². The van der Waals surface area contributed by atoms with Gasteiger partial charge in [0, 0.05) is 13.1 Å². The van der Waals surface area contributed by atoms with Crippen LogP contribution in [0, 0.1) is 0 Å². The van der Waals surface area contributed by atoms with E-state index in [-0.39, 0.29) is 12.5 Å². The average Bonchev–Trinajstić information content (AvgIpc) is 2.37. The third-order valence-corrected chi connectivity index (χ3v) is 1.88. The molecule has 0 atom stereocenters. The summed E-state index contributed by atoms with van der Waals surface area (Å²) in [7, 11) is 1.49. The molecule has 0 saturated carbocycles. The Kier molecular flexibility index (Phi) is 5.46. The van der Waals surface area contributed by atoms with Crippen LogP contribution in [0.15, 0.2) is 36.4 Å². The minimum atomic E-state index is -0.419. The van der Waals surface area contributed by atoms with E-state index in [9.17, 15) is 9.59 Å². The van der Waals surface area contributed by atoms with Gasteiger partial charge in [0.2, 0.25) is 5.91 Å². The molecule has 2 N–H and O–H groups in total. The summed E-state index contributed by atoms with van der Waals surface area (Å²) in [6, 6.07) is 9.38. The van der Waals surface area contributed by atoms with Crippen molar-refractivity contribution >= 4 is 17.9 Å². The standard InChI is InChI=1S/C12H14N2O3/c1-13-12(16)9-17-14-11(15)8-7-10-5-3-2-4-6-10/h2-8H,9H2,1H3,(H,13,16)(H,14,15)/b8-7+. The van der Waals surface area contributed by atoms with Crippen LogP contribution in [0.1, 0.15) is 5.56 Å². The van der Waals surface area contributed by atoms with E-state index in [0.717, 1.165) is 5.56 Å². The molecule has 0 radical (unpaired) electrons. The summed E-state index contributed by atoms with van der Waals surface area (Å²) in [4.78, 5) is 26.7. The molecule has 2 amide bonds. The topological polar surface area (TPSA) is 67.4 Å². The number of amides is 2. The van der Waals surface area contributed by atoms with Gasteiger partial charge in [-0.1, -0.05) is 30.3 Å². The maximum absolute atomic E-state index is 11.2. The van der Waals surface area contributed by atoms with Crippen LogP contribution in [0.4, 0.5) is 0 Å². The SMILES string of the molecule is CNC(=O)CONC(=O)/C=C/c1ccccc1. The van der Waals surface area contributed by atoms with Gasteiger partial charge in [0.05, 0.1) is 0 Å². The van der Waals surface area contributed by atoms with E-state index in [1.54, 1.807) is 6.08 Å². The van der Waals surface area contributed by atoms with E-state index in [0.29, 0.717) is 0 Å². The first kappa shape index (κ1) is 12.9. The maximum Gasteiger partial charge on any atom is 0.267 e. The molecule has 0 spiro atoms. The minimum Gasteiger partial charge on any atom is -0.357 e. The van der Waals surface area contributed by atoms with Gasteiger partial charge in [-0.15, -0.1) is 0 Å². The van der Waals surface area contributed by atoms with Gasteiger partial charge in [-0.25, -0.2) is 5.48 Å². The van der Waals surface area contributed by atoms with Gasteiger partial charge >= 0.3 is 0 Å². The highest BCUT2D eigenvalue weighted by Gasteiger charge is 1.99. The van der Waals surface area contributed by atoms with Crippen molar-refractivity contribution in [2.75, 3.05) is 13.7 Å². The Hall–Kier alpha value is -2.14. The third-order valence-electron chi connectivity index (χ3n) is 1.88. The van der Waals surface area contributed by atoms with Gasteiger partial charge in [0.1, 0.15) is 0 Å². The molecule has 0 aliphatic rings. The molecule has 1 aromatic rings. The molecule has 5 nitrogen and oxygen atoms in total. The number of hydrogen-bond donors (Lipinski definition) is 2. The summed E-state index contributed by atoms with van der Waals surface area (Å²) in [5.41, 5.74) is 3.04. The molecule has 0 fully saturated rings. The smallest absolute Gasteiger partial charge is 0.267 e. The van der Waals surface area contributed by atoms with Gasteiger partial charge in [-0.05, 0) is 11.6 Å². The first-order chi connectivity index (χ1) is 8.22. The molecular formula is C12H14N2O3. The Bertz CT molecular complexity index is 401. The lowest BCUT2D eigenvalue weighted by molar-refractivity contribution is -0.135. The molecule has 17 heavy (non-hydrogen) atoms. The van der Waals surface area contributed by atoms with Gasteiger partial charge in [0.25, 0.3) is 5.91 Å². The van der Waals surface area contributed by atoms with Gasteiger partial charge in [-0.2, -0.15) is 0 Å². The van der Waals surface area contributed by atoms with Crippen molar-refractivity contribution in [1.82, 2.24) is 10.8 Å². The molecule has 0 unspecified atom stereocenters. The fourth-order valence-electron chi connectivity index (χ4n) is 1.02. The highest BCUT2D eigenvalue weighted by Crippen LogP contribution is 2.00. The fourth-order valence-corrected chi connectivity index (χ4v) is 1.02. The number of rotatable bonds is 5. The normalized spacial score (nSPS) is 10.2. The maximum atomic E-state index is 11.2. The van der Waals surface area contributed by atoms with E-state index in [2.05, 4.69) is 15.6 Å². The molecule has 0 bridgehead atoms. The highest BCUT2D eigenvalue weighted by molar-refractivity contribution is 5.91. The summed E-state index contributed by atoms with van der Waals surface area (Å²) in [5, 5.41) is 2.36. The van der Waals surface area contributed by atoms with E-state index in [1.165, 1.54) is 13.1 Å². The Morgan fingerprint density at radius 2 is 2.00 bits per heavy atom. The van der Waals surface area contributed by atoms with Crippen molar-refractivity contribution in [3.8, 4) is 0 Å². The Morgan fingerprint density at radius 3 is 2.65 bits per heavy atom. The van der Waals surface area contributed by atoms with Crippen LogP contribution in [-0.2, 0) is 14.4 Å². The Morgan fingerprint density at radius 1 is 1.29 bits per heavy atom. The molecule has 0 heterocycles. The first-order valence-electron chi connectivity index (χ1n) is 5.08. The van der Waals surface area contributed by atoms with Crippen LogP contribution in [-0.4, -0.2) is 25.5 Å². The Balaban J connectivity index is 2.30. The van der Waals surface area contributed by atoms with Crippen molar-refractivity contribution in [3.63, 3.8) is 0 Å². The van der Waals surface area contributed by atoms with Crippen LogP contribution < -0.4 is 10.8 Å². The summed E-state index contributed by atoms with van der Waals surface area (Å²) >= 11 is 0. The van der Waals surface area contributed by atoms with Crippen LogP contribution in [0.3, 0.4) is 0 Å². The first-order valence-corrected chi connectivity index (χ1v) is 5.08. The second-order valence-corrected chi connectivity index (χ2v) is 3.17. The molecule has 0 aliphatic carbocycles. The third kappa shape index (κ3) is 5.48. The van der Waals surface area contributed by atoms with Crippen molar-refractivity contribution in [3.05, 3.63) is 42.0 Å². The monoisotopic (exact) mass is 234 g/mol. The number of nitrogens with one attached hydrogen (secondary N) is 2. The second kappa shape index (κ2) is 7.19. The van der Waals surface area contributed by atoms with Gasteiger partial charge < -0.3 is 5.32 Å². The zero-order valence-corrected chi connectivity index (χ0v) is 9.47. The lowest BCUT2D eigenvalue weighted by atomic mass is 10.2. The average molecular weight is 234 g/mol. The van der Waals surface area contributed by atoms with Gasteiger partial charge in [0.15, 0.2) is 6.61 Å². The molecule has 0 saturated heterocycles. The number of hydroxylamine groups is 1. The molecule has 0 aromatic heterocycles. The molecule has 5 heteroatoms. The highest BCUT2D eigenvalue weighted by atomic mass is 16.7. The van der Waals surface area contributed by atoms with Crippen LogP contribution in [0.5, 0.6) is 0 Å². The van der Waals surface area contributed by atoms with Crippen molar-refractivity contribution in [1.29, 1.82) is 0 Å². The molecular weight excluding hydrogens is 220 g/mol. The van der Waals surface area contributed by atoms with E-state index in [4.69, 9.17) is 0 Å². The fraction of sp³-hybridized carbons (Fsp3) is 0.167. The van der Waals surface area contributed by atoms with E-state index >= 15 is 0 Å². The summed E-state index contributed by atoms with van der Waals surface area (Å²) < 4.78 is 0. The zero-order valence-electron chi connectivity index (χ0n) is 9.47. The number of benzene rings is 1.